The highest BCUT2D eigenvalue weighted by molar-refractivity contribution is 7.08. The van der Waals surface area contributed by atoms with Crippen molar-refractivity contribution in [3.8, 4) is 0 Å². The highest BCUT2D eigenvalue weighted by Gasteiger charge is 2.16. The Balaban J connectivity index is 1.75. The summed E-state index contributed by atoms with van der Waals surface area (Å²) in [6.07, 6.45) is 0.109. The van der Waals surface area contributed by atoms with Crippen LogP contribution in [-0.4, -0.2) is 42.9 Å². The molecule has 6 nitrogen and oxygen atoms in total. The Bertz CT molecular complexity index is 796. The summed E-state index contributed by atoms with van der Waals surface area (Å²) < 4.78 is 4.94. The molecule has 2 amide bonds. The van der Waals surface area contributed by atoms with Gasteiger partial charge < -0.3 is 15.0 Å². The molecule has 0 atom stereocenters. The number of nitrogens with one attached hydrogen (secondary N) is 1. The third-order valence-corrected chi connectivity index (χ3v) is 4.77. The largest absolute Gasteiger partial charge is 0.455 e. The van der Waals surface area contributed by atoms with Crippen molar-refractivity contribution in [2.45, 2.75) is 6.42 Å². The Morgan fingerprint density at radius 1 is 1.19 bits per heavy atom. The van der Waals surface area contributed by atoms with Gasteiger partial charge in [0.2, 0.25) is 5.91 Å². The van der Waals surface area contributed by atoms with Crippen molar-refractivity contribution < 1.29 is 19.1 Å². The van der Waals surface area contributed by atoms with Crippen molar-refractivity contribution in [3.63, 3.8) is 0 Å². The molecule has 1 aromatic heterocycles. The van der Waals surface area contributed by atoms with E-state index in [4.69, 9.17) is 27.9 Å². The van der Waals surface area contributed by atoms with E-state index in [-0.39, 0.29) is 13.0 Å². The number of carbonyl (C=O) groups is 3. The average Bonchev–Trinajstić information content (AvgIpc) is 3.08. The summed E-state index contributed by atoms with van der Waals surface area (Å²) in [4.78, 5) is 36.8. The lowest BCUT2D eigenvalue weighted by atomic mass is 10.2. The summed E-state index contributed by atoms with van der Waals surface area (Å²) in [5, 5.41) is 6.99. The van der Waals surface area contributed by atoms with Crippen molar-refractivity contribution in [2.24, 2.45) is 0 Å². The quantitative estimate of drug-likeness (QED) is 0.705. The molecule has 138 valence electrons. The van der Waals surface area contributed by atoms with Gasteiger partial charge in [0.1, 0.15) is 0 Å². The zero-order valence-corrected chi connectivity index (χ0v) is 16.2. The van der Waals surface area contributed by atoms with Crippen LogP contribution in [0.25, 0.3) is 0 Å². The molecule has 1 heterocycles. The van der Waals surface area contributed by atoms with Gasteiger partial charge in [-0.15, -0.1) is 0 Å². The number of carbonyl (C=O) groups excluding carboxylic acids is 3. The number of halogens is 2. The highest BCUT2D eigenvalue weighted by Crippen LogP contribution is 2.24. The highest BCUT2D eigenvalue weighted by atomic mass is 35.5. The van der Waals surface area contributed by atoms with Gasteiger partial charge in [-0.2, -0.15) is 11.3 Å². The molecule has 0 aliphatic carbocycles. The first-order chi connectivity index (χ1) is 12.3. The average molecular weight is 415 g/mol. The van der Waals surface area contributed by atoms with Gasteiger partial charge in [-0.3, -0.25) is 14.4 Å². The first kappa shape index (κ1) is 20.2. The van der Waals surface area contributed by atoms with Crippen molar-refractivity contribution in [3.05, 3.63) is 50.6 Å². The Hall–Kier alpha value is -2.09. The van der Waals surface area contributed by atoms with Crippen LogP contribution in [0.4, 0.5) is 5.69 Å². The number of likely N-dealkylation sites (N-methyl/N-ethyl adjacent to an activating group) is 1. The lowest BCUT2D eigenvalue weighted by Gasteiger charge is -2.17. The third-order valence-electron chi connectivity index (χ3n) is 3.30. The SMILES string of the molecule is CN(CC(=O)Nc1ccc(Cl)c(Cl)c1)C(=O)COC(=O)Cc1ccsc1. The Labute approximate surface area is 164 Å². The van der Waals surface area contributed by atoms with Crippen molar-refractivity contribution in [1.82, 2.24) is 4.90 Å². The molecule has 0 radical (unpaired) electrons. The summed E-state index contributed by atoms with van der Waals surface area (Å²) in [7, 11) is 1.45. The molecule has 2 aromatic rings. The second-order valence-electron chi connectivity index (χ2n) is 5.40. The number of hydrogen-bond acceptors (Lipinski definition) is 5. The maximum Gasteiger partial charge on any atom is 0.310 e. The molecular formula is C17H16Cl2N2O4S. The lowest BCUT2D eigenvalue weighted by Crippen LogP contribution is -2.37. The van der Waals surface area contributed by atoms with Crippen LogP contribution in [0.3, 0.4) is 0 Å². The van der Waals surface area contributed by atoms with E-state index < -0.39 is 24.4 Å². The Kier molecular flexibility index (Phi) is 7.44. The van der Waals surface area contributed by atoms with E-state index in [9.17, 15) is 14.4 Å². The van der Waals surface area contributed by atoms with Crippen molar-refractivity contribution in [2.75, 3.05) is 25.5 Å². The Morgan fingerprint density at radius 3 is 2.62 bits per heavy atom. The fourth-order valence-corrected chi connectivity index (χ4v) is 2.91. The third kappa shape index (κ3) is 6.33. The molecule has 2 rings (SSSR count). The van der Waals surface area contributed by atoms with E-state index in [0.717, 1.165) is 5.56 Å². The molecule has 0 aliphatic rings. The van der Waals surface area contributed by atoms with Crippen LogP contribution in [0, 0.1) is 0 Å². The molecule has 0 bridgehead atoms. The van der Waals surface area contributed by atoms with Crippen LogP contribution in [0.1, 0.15) is 5.56 Å². The zero-order valence-electron chi connectivity index (χ0n) is 13.8. The molecule has 0 saturated heterocycles. The minimum Gasteiger partial charge on any atom is -0.455 e. The van der Waals surface area contributed by atoms with Gasteiger partial charge >= 0.3 is 5.97 Å². The van der Waals surface area contributed by atoms with Gasteiger partial charge in [0.25, 0.3) is 5.91 Å². The van der Waals surface area contributed by atoms with E-state index >= 15 is 0 Å². The number of anilines is 1. The summed E-state index contributed by atoms with van der Waals surface area (Å²) in [5.74, 6) is -1.39. The number of amides is 2. The van der Waals surface area contributed by atoms with E-state index in [0.29, 0.717) is 15.7 Å². The van der Waals surface area contributed by atoms with Crippen LogP contribution in [-0.2, 0) is 25.5 Å². The van der Waals surface area contributed by atoms with E-state index in [2.05, 4.69) is 5.32 Å². The van der Waals surface area contributed by atoms with Gasteiger partial charge in [-0.05, 0) is 40.6 Å². The van der Waals surface area contributed by atoms with Gasteiger partial charge in [-0.1, -0.05) is 23.2 Å². The molecule has 0 aliphatic heterocycles. The summed E-state index contributed by atoms with van der Waals surface area (Å²) in [6, 6.07) is 6.48. The number of esters is 1. The number of thiophene rings is 1. The van der Waals surface area contributed by atoms with E-state index in [1.807, 2.05) is 16.8 Å². The van der Waals surface area contributed by atoms with Crippen molar-refractivity contribution in [1.29, 1.82) is 0 Å². The summed E-state index contributed by atoms with van der Waals surface area (Å²) in [5.41, 5.74) is 1.30. The lowest BCUT2D eigenvalue weighted by molar-refractivity contribution is -0.151. The minimum atomic E-state index is -0.495. The summed E-state index contributed by atoms with van der Waals surface area (Å²) in [6.45, 7) is -0.610. The van der Waals surface area contributed by atoms with E-state index in [1.54, 1.807) is 12.1 Å². The van der Waals surface area contributed by atoms with Crippen LogP contribution in [0.5, 0.6) is 0 Å². The number of ether oxygens (including phenoxy) is 1. The molecule has 26 heavy (non-hydrogen) atoms. The topological polar surface area (TPSA) is 75.7 Å². The molecular weight excluding hydrogens is 399 g/mol. The zero-order chi connectivity index (χ0) is 19.1. The van der Waals surface area contributed by atoms with Crippen LogP contribution in [0.15, 0.2) is 35.0 Å². The number of hydrogen-bond donors (Lipinski definition) is 1. The van der Waals surface area contributed by atoms with E-state index in [1.165, 1.54) is 29.4 Å². The van der Waals surface area contributed by atoms with Gasteiger partial charge in [0.05, 0.1) is 23.0 Å². The van der Waals surface area contributed by atoms with Gasteiger partial charge in [-0.25, -0.2) is 0 Å². The second-order valence-corrected chi connectivity index (χ2v) is 6.99. The minimum absolute atomic E-state index is 0.109. The van der Waals surface area contributed by atoms with Crippen LogP contribution in [0.2, 0.25) is 10.0 Å². The predicted octanol–water partition coefficient (Wildman–Crippen LogP) is 3.24. The molecule has 1 aromatic carbocycles. The molecule has 0 fully saturated rings. The first-order valence-electron chi connectivity index (χ1n) is 7.50. The van der Waals surface area contributed by atoms with Crippen LogP contribution < -0.4 is 5.32 Å². The van der Waals surface area contributed by atoms with Gasteiger partial charge in [0, 0.05) is 12.7 Å². The number of benzene rings is 1. The maximum atomic E-state index is 12.0. The smallest absolute Gasteiger partial charge is 0.310 e. The molecule has 0 spiro atoms. The predicted molar refractivity (Wildman–Crippen MR) is 102 cm³/mol. The molecule has 9 heteroatoms. The number of rotatable bonds is 7. The van der Waals surface area contributed by atoms with Crippen LogP contribution >= 0.6 is 34.5 Å². The molecule has 0 unspecified atom stereocenters. The Morgan fingerprint density at radius 2 is 1.96 bits per heavy atom. The summed E-state index contributed by atoms with van der Waals surface area (Å²) >= 11 is 13.2. The second kappa shape index (κ2) is 9.56. The normalized spacial score (nSPS) is 10.3. The number of nitrogens with zero attached hydrogens (tertiary/aromatic N) is 1. The van der Waals surface area contributed by atoms with Crippen molar-refractivity contribution >= 4 is 58.0 Å². The molecule has 1 N–H and O–H groups in total. The standard InChI is InChI=1S/C17H16Cl2N2O4S/c1-21(8-15(22)20-12-2-3-13(18)14(19)7-12)16(23)9-25-17(24)6-11-4-5-26-10-11/h2-5,7,10H,6,8-9H2,1H3,(H,20,22). The first-order valence-corrected chi connectivity index (χ1v) is 9.20. The monoisotopic (exact) mass is 414 g/mol. The van der Waals surface area contributed by atoms with Gasteiger partial charge in [0.15, 0.2) is 6.61 Å². The molecule has 0 saturated carbocycles. The maximum absolute atomic E-state index is 12.0. The fraction of sp³-hybridized carbons (Fsp3) is 0.235. The fourth-order valence-electron chi connectivity index (χ4n) is 1.94.